The Morgan fingerprint density at radius 1 is 1.39 bits per heavy atom. The van der Waals surface area contributed by atoms with Crippen LogP contribution in [0.15, 0.2) is 23.3 Å². The van der Waals surface area contributed by atoms with Gasteiger partial charge in [0.15, 0.2) is 12.6 Å². The highest BCUT2D eigenvalue weighted by Gasteiger charge is 2.29. The monoisotopic (exact) mass is 330 g/mol. The van der Waals surface area contributed by atoms with Crippen LogP contribution in [0.3, 0.4) is 0 Å². The minimum atomic E-state index is -4.39. The van der Waals surface area contributed by atoms with Crippen molar-refractivity contribution in [3.63, 3.8) is 0 Å². The minimum Gasteiger partial charge on any atom is -0.468 e. The van der Waals surface area contributed by atoms with Crippen molar-refractivity contribution in [2.24, 2.45) is 4.99 Å². The molecule has 0 amide bonds. The van der Waals surface area contributed by atoms with E-state index in [0.717, 1.165) is 12.8 Å². The van der Waals surface area contributed by atoms with Crippen LogP contribution < -0.4 is 15.4 Å². The molecule has 0 unspecified atom stereocenters. The maximum absolute atomic E-state index is 12.3. The number of alkyl halides is 3. The molecule has 1 fully saturated rings. The zero-order chi connectivity index (χ0) is 16.7. The number of nitrogens with one attached hydrogen (secondary N) is 2. The minimum absolute atomic E-state index is 0.0198. The number of pyridine rings is 1. The lowest BCUT2D eigenvalue weighted by atomic mass is 10.2. The average Bonchev–Trinajstić information content (AvgIpc) is 3.02. The molecule has 2 rings (SSSR count). The topological polar surface area (TPSA) is 58.5 Å². The van der Waals surface area contributed by atoms with E-state index in [-0.39, 0.29) is 12.4 Å². The molecular weight excluding hydrogens is 309 g/mol. The van der Waals surface area contributed by atoms with Crippen molar-refractivity contribution in [3.05, 3.63) is 23.9 Å². The molecule has 0 atom stereocenters. The van der Waals surface area contributed by atoms with E-state index in [4.69, 9.17) is 4.74 Å². The molecule has 128 valence electrons. The van der Waals surface area contributed by atoms with E-state index in [1.807, 2.05) is 0 Å². The molecule has 0 aliphatic heterocycles. The molecule has 23 heavy (non-hydrogen) atoms. The summed E-state index contributed by atoms with van der Waals surface area (Å²) in [6.07, 6.45) is 1.63. The maximum atomic E-state index is 12.3. The standard InChI is InChI=1S/C15H21F3N4O/c1-19-14(22-12-6-2-3-7-12)21-9-11-5-4-8-20-13(11)23-10-15(16,17)18/h4-5,8,12H,2-3,6-7,9-10H2,1H3,(H2,19,21,22). The fraction of sp³-hybridized carbons (Fsp3) is 0.600. The highest BCUT2D eigenvalue weighted by Crippen LogP contribution is 2.20. The van der Waals surface area contributed by atoms with Gasteiger partial charge in [0.25, 0.3) is 0 Å². The van der Waals surface area contributed by atoms with Crippen molar-refractivity contribution in [3.8, 4) is 5.88 Å². The number of guanidine groups is 1. The van der Waals surface area contributed by atoms with E-state index in [1.165, 1.54) is 19.0 Å². The highest BCUT2D eigenvalue weighted by atomic mass is 19.4. The van der Waals surface area contributed by atoms with Crippen LogP contribution >= 0.6 is 0 Å². The fourth-order valence-corrected chi connectivity index (χ4v) is 2.48. The number of halogens is 3. The third-order valence-corrected chi connectivity index (χ3v) is 3.59. The summed E-state index contributed by atoms with van der Waals surface area (Å²) in [5.74, 6) is 0.608. The summed E-state index contributed by atoms with van der Waals surface area (Å²) < 4.78 is 41.6. The molecule has 0 radical (unpaired) electrons. The second kappa shape index (κ2) is 8.03. The summed E-state index contributed by atoms with van der Waals surface area (Å²) in [6, 6.07) is 3.73. The van der Waals surface area contributed by atoms with Gasteiger partial charge in [0.1, 0.15) is 0 Å². The number of rotatable bonds is 5. The molecule has 8 heteroatoms. The number of ether oxygens (including phenoxy) is 1. The molecular formula is C15H21F3N4O. The Bertz CT molecular complexity index is 528. The second-order valence-corrected chi connectivity index (χ2v) is 5.42. The second-order valence-electron chi connectivity index (χ2n) is 5.42. The van der Waals surface area contributed by atoms with Crippen molar-refractivity contribution >= 4 is 5.96 Å². The number of aromatic nitrogens is 1. The SMILES string of the molecule is CN=C(NCc1cccnc1OCC(F)(F)F)NC1CCCC1. The predicted molar refractivity (Wildman–Crippen MR) is 81.4 cm³/mol. The lowest BCUT2D eigenvalue weighted by molar-refractivity contribution is -0.154. The molecule has 0 saturated heterocycles. The van der Waals surface area contributed by atoms with E-state index in [0.29, 0.717) is 17.6 Å². The molecule has 1 aliphatic rings. The number of hydrogen-bond donors (Lipinski definition) is 2. The molecule has 5 nitrogen and oxygen atoms in total. The molecule has 1 heterocycles. The van der Waals surface area contributed by atoms with E-state index >= 15 is 0 Å². The van der Waals surface area contributed by atoms with Crippen LogP contribution in [0.1, 0.15) is 31.2 Å². The van der Waals surface area contributed by atoms with Gasteiger partial charge in [-0.3, -0.25) is 4.99 Å². The Balaban J connectivity index is 1.91. The van der Waals surface area contributed by atoms with Crippen molar-refractivity contribution in [1.29, 1.82) is 0 Å². The van der Waals surface area contributed by atoms with Gasteiger partial charge < -0.3 is 15.4 Å². The Morgan fingerprint density at radius 3 is 2.78 bits per heavy atom. The lowest BCUT2D eigenvalue weighted by Gasteiger charge is -2.17. The summed E-state index contributed by atoms with van der Waals surface area (Å²) in [5, 5.41) is 6.40. The summed E-state index contributed by atoms with van der Waals surface area (Å²) in [7, 11) is 1.66. The van der Waals surface area contributed by atoms with Gasteiger partial charge in [0.05, 0.1) is 0 Å². The van der Waals surface area contributed by atoms with Gasteiger partial charge in [-0.15, -0.1) is 0 Å². The van der Waals surface area contributed by atoms with Crippen molar-refractivity contribution in [2.45, 2.75) is 44.4 Å². The van der Waals surface area contributed by atoms with Gasteiger partial charge in [-0.2, -0.15) is 13.2 Å². The average molecular weight is 330 g/mol. The van der Waals surface area contributed by atoms with E-state index in [9.17, 15) is 13.2 Å². The molecule has 0 bridgehead atoms. The van der Waals surface area contributed by atoms with Gasteiger partial charge >= 0.3 is 6.18 Å². The third-order valence-electron chi connectivity index (χ3n) is 3.59. The van der Waals surface area contributed by atoms with E-state index < -0.39 is 12.8 Å². The Labute approximate surface area is 133 Å². The number of nitrogens with zero attached hydrogens (tertiary/aromatic N) is 2. The van der Waals surface area contributed by atoms with Gasteiger partial charge in [0.2, 0.25) is 5.88 Å². The summed E-state index contributed by atoms with van der Waals surface area (Å²) in [5.41, 5.74) is 0.547. The predicted octanol–water partition coefficient (Wildman–Crippen LogP) is 2.63. The fourth-order valence-electron chi connectivity index (χ4n) is 2.48. The molecule has 2 N–H and O–H groups in total. The van der Waals surface area contributed by atoms with Crippen LogP contribution in [0.4, 0.5) is 13.2 Å². The number of aliphatic imine (C=N–C) groups is 1. The first kappa shape index (κ1) is 17.4. The van der Waals surface area contributed by atoms with E-state index in [2.05, 4.69) is 20.6 Å². The first-order chi connectivity index (χ1) is 11.0. The summed E-state index contributed by atoms with van der Waals surface area (Å²) >= 11 is 0. The third kappa shape index (κ3) is 5.96. The van der Waals surface area contributed by atoms with Crippen molar-refractivity contribution in [1.82, 2.24) is 15.6 Å². The highest BCUT2D eigenvalue weighted by molar-refractivity contribution is 5.80. The van der Waals surface area contributed by atoms with Gasteiger partial charge in [0, 0.05) is 31.4 Å². The molecule has 1 aromatic heterocycles. The van der Waals surface area contributed by atoms with Crippen LogP contribution in [0.25, 0.3) is 0 Å². The van der Waals surface area contributed by atoms with Crippen molar-refractivity contribution in [2.75, 3.05) is 13.7 Å². The Hall–Kier alpha value is -1.99. The Morgan fingerprint density at radius 2 is 2.13 bits per heavy atom. The molecule has 0 aromatic carbocycles. The lowest BCUT2D eigenvalue weighted by Crippen LogP contribution is -2.42. The van der Waals surface area contributed by atoms with Crippen LogP contribution in [0, 0.1) is 0 Å². The zero-order valence-corrected chi connectivity index (χ0v) is 13.0. The molecule has 1 aromatic rings. The molecule has 0 spiro atoms. The van der Waals surface area contributed by atoms with Gasteiger partial charge in [-0.05, 0) is 18.9 Å². The first-order valence-corrected chi connectivity index (χ1v) is 7.58. The largest absolute Gasteiger partial charge is 0.468 e. The van der Waals surface area contributed by atoms with Gasteiger partial charge in [-0.25, -0.2) is 4.98 Å². The van der Waals surface area contributed by atoms with Crippen LogP contribution in [-0.4, -0.2) is 36.8 Å². The molecule has 1 saturated carbocycles. The maximum Gasteiger partial charge on any atom is 0.422 e. The quantitative estimate of drug-likeness (QED) is 0.644. The van der Waals surface area contributed by atoms with Gasteiger partial charge in [-0.1, -0.05) is 18.9 Å². The normalized spacial score (nSPS) is 16.4. The summed E-state index contributed by atoms with van der Waals surface area (Å²) in [6.45, 7) is -1.07. The van der Waals surface area contributed by atoms with Crippen LogP contribution in [-0.2, 0) is 6.54 Å². The smallest absolute Gasteiger partial charge is 0.422 e. The Kier molecular flexibility index (Phi) is 6.06. The molecule has 1 aliphatic carbocycles. The van der Waals surface area contributed by atoms with Crippen LogP contribution in [0.2, 0.25) is 0 Å². The first-order valence-electron chi connectivity index (χ1n) is 7.58. The zero-order valence-electron chi connectivity index (χ0n) is 13.0. The summed E-state index contributed by atoms with van der Waals surface area (Å²) in [4.78, 5) is 8.00. The van der Waals surface area contributed by atoms with E-state index in [1.54, 1.807) is 19.2 Å². The number of hydrogen-bond acceptors (Lipinski definition) is 3. The van der Waals surface area contributed by atoms with Crippen molar-refractivity contribution < 1.29 is 17.9 Å². The van der Waals surface area contributed by atoms with Crippen LogP contribution in [0.5, 0.6) is 5.88 Å².